The third kappa shape index (κ3) is 1.97. The van der Waals surface area contributed by atoms with Gasteiger partial charge >= 0.3 is 0 Å². The van der Waals surface area contributed by atoms with Crippen LogP contribution >= 0.6 is 0 Å². The molecule has 0 radical (unpaired) electrons. The largest absolute Gasteiger partial charge is 0.549 e. The predicted octanol–water partition coefficient (Wildman–Crippen LogP) is 2.13. The molecule has 1 saturated heterocycles. The van der Waals surface area contributed by atoms with E-state index < -0.39 is 46.8 Å². The molecule has 0 aromatic heterocycles. The van der Waals surface area contributed by atoms with Gasteiger partial charge < -0.3 is 9.90 Å². The number of aliphatic carboxylic acids is 1. The lowest BCUT2D eigenvalue weighted by atomic mass is 9.47. The minimum atomic E-state index is -1.77. The predicted molar refractivity (Wildman–Crippen MR) is 106 cm³/mol. The lowest BCUT2D eigenvalue weighted by Crippen LogP contribution is -2.61. The van der Waals surface area contributed by atoms with E-state index >= 15 is 0 Å². The molecular formula is C25H15FNO4-. The van der Waals surface area contributed by atoms with Gasteiger partial charge in [0.15, 0.2) is 0 Å². The van der Waals surface area contributed by atoms with Crippen molar-refractivity contribution in [3.05, 3.63) is 101 Å². The highest BCUT2D eigenvalue weighted by Gasteiger charge is 2.68. The number of amides is 2. The molecule has 4 aliphatic rings. The van der Waals surface area contributed by atoms with Crippen molar-refractivity contribution in [3.63, 3.8) is 0 Å². The number of carbonyl (C=O) groups excluding carboxylic acids is 3. The first-order valence-electron chi connectivity index (χ1n) is 10.0. The Bertz CT molecular complexity index is 1250. The molecule has 7 rings (SSSR count). The van der Waals surface area contributed by atoms with Crippen LogP contribution in [0.4, 0.5) is 10.1 Å². The molecule has 0 spiro atoms. The van der Waals surface area contributed by atoms with Crippen molar-refractivity contribution in [1.29, 1.82) is 0 Å². The molecule has 2 atom stereocenters. The Morgan fingerprint density at radius 2 is 1.39 bits per heavy atom. The number of hydrogen-bond donors (Lipinski definition) is 0. The number of benzene rings is 3. The SMILES string of the molecule is O=C1C2C3c4ccccc4C(C(=O)[O-])(c4ccccc43)C2C(=O)N1c1ccc(F)cc1. The number of anilines is 1. The second-order valence-electron chi connectivity index (χ2n) is 8.24. The minimum Gasteiger partial charge on any atom is -0.549 e. The van der Waals surface area contributed by atoms with Crippen molar-refractivity contribution in [2.24, 2.45) is 11.8 Å². The Hall–Kier alpha value is -3.80. The van der Waals surface area contributed by atoms with E-state index in [0.717, 1.165) is 16.0 Å². The summed E-state index contributed by atoms with van der Waals surface area (Å²) in [7, 11) is 0. The molecule has 2 unspecified atom stereocenters. The maximum Gasteiger partial charge on any atom is 0.239 e. The topological polar surface area (TPSA) is 77.5 Å². The average molecular weight is 412 g/mol. The van der Waals surface area contributed by atoms with Crippen LogP contribution < -0.4 is 10.0 Å². The molecule has 1 fully saturated rings. The first-order valence-corrected chi connectivity index (χ1v) is 10.0. The number of imide groups is 1. The molecular weight excluding hydrogens is 397 g/mol. The van der Waals surface area contributed by atoms with E-state index in [4.69, 9.17) is 0 Å². The van der Waals surface area contributed by atoms with Crippen LogP contribution in [0.15, 0.2) is 72.8 Å². The van der Waals surface area contributed by atoms with Crippen LogP contribution in [-0.4, -0.2) is 17.8 Å². The highest BCUT2D eigenvalue weighted by molar-refractivity contribution is 6.25. The molecule has 3 aliphatic carbocycles. The van der Waals surface area contributed by atoms with Gasteiger partial charge in [-0.05, 0) is 46.5 Å². The van der Waals surface area contributed by atoms with Gasteiger partial charge in [0.05, 0.1) is 28.9 Å². The van der Waals surface area contributed by atoms with Crippen LogP contribution in [-0.2, 0) is 19.8 Å². The lowest BCUT2D eigenvalue weighted by Gasteiger charge is -2.54. The van der Waals surface area contributed by atoms with Crippen molar-refractivity contribution < 1.29 is 23.9 Å². The number of rotatable bonds is 2. The number of hydrogen-bond acceptors (Lipinski definition) is 4. The van der Waals surface area contributed by atoms with Gasteiger partial charge in [0.1, 0.15) is 5.82 Å². The van der Waals surface area contributed by atoms with Crippen LogP contribution in [0.2, 0.25) is 0 Å². The quantitative estimate of drug-likeness (QED) is 0.604. The minimum absolute atomic E-state index is 0.229. The highest BCUT2D eigenvalue weighted by Crippen LogP contribution is 2.64. The van der Waals surface area contributed by atoms with Gasteiger partial charge in [0.25, 0.3) is 0 Å². The van der Waals surface area contributed by atoms with E-state index in [1.807, 2.05) is 12.1 Å². The van der Waals surface area contributed by atoms with Crippen LogP contribution in [0, 0.1) is 17.7 Å². The molecule has 2 bridgehead atoms. The maximum atomic E-state index is 13.7. The second kappa shape index (κ2) is 5.88. The fourth-order valence-electron chi connectivity index (χ4n) is 5.96. The molecule has 6 heteroatoms. The maximum absolute atomic E-state index is 13.7. The van der Waals surface area contributed by atoms with Crippen molar-refractivity contribution in [2.75, 3.05) is 4.90 Å². The number of carboxylic acid groups (broad SMARTS) is 1. The van der Waals surface area contributed by atoms with Crippen molar-refractivity contribution in [3.8, 4) is 0 Å². The monoisotopic (exact) mass is 412 g/mol. The molecule has 152 valence electrons. The van der Waals surface area contributed by atoms with Crippen LogP contribution in [0.3, 0.4) is 0 Å². The van der Waals surface area contributed by atoms with Gasteiger partial charge in [0.2, 0.25) is 11.8 Å². The van der Waals surface area contributed by atoms with Crippen LogP contribution in [0.25, 0.3) is 0 Å². The Morgan fingerprint density at radius 3 is 1.94 bits per heavy atom. The van der Waals surface area contributed by atoms with Crippen molar-refractivity contribution in [2.45, 2.75) is 11.3 Å². The lowest BCUT2D eigenvalue weighted by molar-refractivity contribution is -0.314. The molecule has 31 heavy (non-hydrogen) atoms. The van der Waals surface area contributed by atoms with Crippen LogP contribution in [0.1, 0.15) is 28.2 Å². The Kier molecular flexibility index (Phi) is 3.41. The first kappa shape index (κ1) is 18.0. The molecule has 1 heterocycles. The standard InChI is InChI=1S/C25H16FNO4/c26-13-9-11-14(12-10-13)27-22(28)20-19-15-5-1-3-7-17(15)25(24(30)31,21(20)23(27)29)18-8-4-2-6-16(18)19/h1-12,19-21H,(H,30,31)/p-1. The smallest absolute Gasteiger partial charge is 0.239 e. The van der Waals surface area contributed by atoms with Gasteiger partial charge in [-0.2, -0.15) is 0 Å². The van der Waals surface area contributed by atoms with Crippen molar-refractivity contribution >= 4 is 23.5 Å². The zero-order valence-corrected chi connectivity index (χ0v) is 16.1. The Labute approximate surface area is 176 Å². The number of halogens is 1. The summed E-state index contributed by atoms with van der Waals surface area (Å²) in [6.45, 7) is 0. The highest BCUT2D eigenvalue weighted by atomic mass is 19.1. The summed E-state index contributed by atoms with van der Waals surface area (Å²) in [5.41, 5.74) is 0.923. The fourth-order valence-corrected chi connectivity index (χ4v) is 5.96. The molecule has 3 aromatic rings. The van der Waals surface area contributed by atoms with Crippen molar-refractivity contribution in [1.82, 2.24) is 0 Å². The molecule has 5 nitrogen and oxygen atoms in total. The zero-order chi connectivity index (χ0) is 21.5. The van der Waals surface area contributed by atoms with Gasteiger partial charge in [-0.3, -0.25) is 9.59 Å². The molecule has 0 N–H and O–H groups in total. The molecule has 1 aliphatic heterocycles. The van der Waals surface area contributed by atoms with E-state index in [-0.39, 0.29) is 5.69 Å². The summed E-state index contributed by atoms with van der Waals surface area (Å²) >= 11 is 0. The summed E-state index contributed by atoms with van der Waals surface area (Å²) in [5.74, 6) is -5.42. The molecule has 2 amide bonds. The number of nitrogens with zero attached hydrogens (tertiary/aromatic N) is 1. The van der Waals surface area contributed by atoms with Gasteiger partial charge in [-0.1, -0.05) is 48.5 Å². The fraction of sp³-hybridized carbons (Fsp3) is 0.160. The van der Waals surface area contributed by atoms with E-state index in [1.54, 1.807) is 36.4 Å². The van der Waals surface area contributed by atoms with Gasteiger partial charge in [-0.15, -0.1) is 0 Å². The van der Waals surface area contributed by atoms with E-state index in [9.17, 15) is 23.9 Å². The summed E-state index contributed by atoms with van der Waals surface area (Å²) in [5, 5.41) is 12.9. The van der Waals surface area contributed by atoms with E-state index in [2.05, 4.69) is 0 Å². The number of carbonyl (C=O) groups is 3. The van der Waals surface area contributed by atoms with E-state index in [1.165, 1.54) is 24.3 Å². The third-order valence-corrected chi connectivity index (χ3v) is 7.02. The second-order valence-corrected chi connectivity index (χ2v) is 8.24. The number of carboxylic acids is 1. The Morgan fingerprint density at radius 1 is 0.839 bits per heavy atom. The summed E-state index contributed by atoms with van der Waals surface area (Å²) < 4.78 is 13.4. The summed E-state index contributed by atoms with van der Waals surface area (Å²) in [6, 6.07) is 19.2. The molecule has 0 saturated carbocycles. The Balaban J connectivity index is 1.67. The third-order valence-electron chi connectivity index (χ3n) is 7.02. The first-order chi connectivity index (χ1) is 15.0. The van der Waals surface area contributed by atoms with E-state index in [0.29, 0.717) is 11.1 Å². The van der Waals surface area contributed by atoms with Crippen LogP contribution in [0.5, 0.6) is 0 Å². The summed E-state index contributed by atoms with van der Waals surface area (Å²) in [4.78, 5) is 41.2. The zero-order valence-electron chi connectivity index (χ0n) is 16.1. The normalized spacial score (nSPS) is 27.6. The van der Waals surface area contributed by atoms with Gasteiger partial charge in [0, 0.05) is 5.92 Å². The van der Waals surface area contributed by atoms with Gasteiger partial charge in [-0.25, -0.2) is 9.29 Å². The molecule has 3 aromatic carbocycles. The summed E-state index contributed by atoms with van der Waals surface area (Å²) in [6.07, 6.45) is 0. The average Bonchev–Trinajstić information content (AvgIpc) is 3.05.